The molecule has 0 N–H and O–H groups in total. The van der Waals surface area contributed by atoms with Gasteiger partial charge in [0.15, 0.2) is 5.82 Å². The predicted molar refractivity (Wildman–Crippen MR) is 200 cm³/mol. The van der Waals surface area contributed by atoms with Gasteiger partial charge in [0.1, 0.15) is 6.07 Å². The van der Waals surface area contributed by atoms with Crippen LogP contribution < -0.4 is 0 Å². The van der Waals surface area contributed by atoms with Crippen LogP contribution in [-0.2, 0) is 0 Å². The minimum absolute atomic E-state index is 0.587. The molecular weight excluding hydrogens is 605 g/mol. The first-order valence-electron chi connectivity index (χ1n) is 15.9. The summed E-state index contributed by atoms with van der Waals surface area (Å²) in [5.41, 5.74) is 7.19. The number of nitriles is 1. The lowest BCUT2D eigenvalue weighted by molar-refractivity contribution is 1.17. The summed E-state index contributed by atoms with van der Waals surface area (Å²) in [4.78, 5) is 10.4. The van der Waals surface area contributed by atoms with Crippen molar-refractivity contribution in [2.75, 3.05) is 0 Å². The standard InChI is InChI=1S/C43H24N4S/c44-25-32-22-30(19-20-36(32)47-37-15-7-5-13-33(37)35-23-28-11-3-4-12-29(28)24-38(35)47)40-42-41(34-14-6-8-16-39(34)48-42)46-43(45-40)31-18-17-26-9-1-2-10-27(26)21-31/h1-24H. The van der Waals surface area contributed by atoms with Gasteiger partial charge in [0.05, 0.1) is 38.2 Å². The molecule has 0 saturated carbocycles. The number of benzene rings is 7. The molecule has 0 spiro atoms. The van der Waals surface area contributed by atoms with Gasteiger partial charge >= 0.3 is 0 Å². The molecule has 4 nitrogen and oxygen atoms in total. The van der Waals surface area contributed by atoms with Gasteiger partial charge in [-0.3, -0.25) is 0 Å². The molecule has 3 aromatic heterocycles. The van der Waals surface area contributed by atoms with Gasteiger partial charge in [-0.25, -0.2) is 9.97 Å². The monoisotopic (exact) mass is 628 g/mol. The number of aromatic nitrogens is 3. The number of hydrogen-bond donors (Lipinski definition) is 0. The van der Waals surface area contributed by atoms with E-state index >= 15 is 0 Å². The SMILES string of the molecule is N#Cc1cc(-c2nc(-c3ccc4ccccc4c3)nc3c2sc2ccccc23)ccc1-n1c2ccccc2c2cc3ccccc3cc21. The van der Waals surface area contributed by atoms with Crippen molar-refractivity contribution in [1.29, 1.82) is 5.26 Å². The molecule has 0 radical (unpaired) electrons. The quantitative estimate of drug-likeness (QED) is 0.196. The Bertz CT molecular complexity index is 2980. The summed E-state index contributed by atoms with van der Waals surface area (Å²) in [6.07, 6.45) is 0. The Morgan fingerprint density at radius 2 is 1.23 bits per heavy atom. The molecule has 48 heavy (non-hydrogen) atoms. The topological polar surface area (TPSA) is 54.5 Å². The zero-order valence-electron chi connectivity index (χ0n) is 25.6. The van der Waals surface area contributed by atoms with Crippen LogP contribution in [0.2, 0.25) is 0 Å². The fourth-order valence-corrected chi connectivity index (χ4v) is 8.28. The van der Waals surface area contributed by atoms with Crippen molar-refractivity contribution < 1.29 is 0 Å². The van der Waals surface area contributed by atoms with Gasteiger partial charge in [-0.1, -0.05) is 103 Å². The van der Waals surface area contributed by atoms with E-state index in [-0.39, 0.29) is 0 Å². The van der Waals surface area contributed by atoms with E-state index in [4.69, 9.17) is 9.97 Å². The average molecular weight is 629 g/mol. The summed E-state index contributed by atoms with van der Waals surface area (Å²) in [5, 5.41) is 18.8. The van der Waals surface area contributed by atoms with Gasteiger partial charge in [0.2, 0.25) is 0 Å². The zero-order valence-corrected chi connectivity index (χ0v) is 26.4. The predicted octanol–water partition coefficient (Wildman–Crippen LogP) is 11.5. The van der Waals surface area contributed by atoms with Crippen molar-refractivity contribution in [1.82, 2.24) is 14.5 Å². The number of fused-ring (bicyclic) bond motifs is 8. The van der Waals surface area contributed by atoms with Crippen molar-refractivity contribution in [3.63, 3.8) is 0 Å². The fourth-order valence-electron chi connectivity index (χ4n) is 7.13. The number of nitrogens with zero attached hydrogens (tertiary/aromatic N) is 4. The summed E-state index contributed by atoms with van der Waals surface area (Å²) in [6.45, 7) is 0. The average Bonchev–Trinajstić information content (AvgIpc) is 3.68. The second-order valence-corrected chi connectivity index (χ2v) is 13.2. The van der Waals surface area contributed by atoms with E-state index in [0.717, 1.165) is 64.6 Å². The smallest absolute Gasteiger partial charge is 0.160 e. The molecular formula is C43H24N4S. The Morgan fingerprint density at radius 3 is 2.06 bits per heavy atom. The Hall–Kier alpha value is -6.35. The molecule has 10 rings (SSSR count). The van der Waals surface area contributed by atoms with E-state index in [1.54, 1.807) is 11.3 Å². The molecule has 0 amide bonds. The summed E-state index contributed by atoms with van der Waals surface area (Å²) >= 11 is 1.70. The van der Waals surface area contributed by atoms with E-state index in [9.17, 15) is 5.26 Å². The van der Waals surface area contributed by atoms with Crippen molar-refractivity contribution in [2.24, 2.45) is 0 Å². The highest BCUT2D eigenvalue weighted by atomic mass is 32.1. The molecule has 0 fully saturated rings. The van der Waals surface area contributed by atoms with Crippen LogP contribution in [0.1, 0.15) is 5.56 Å². The third-order valence-electron chi connectivity index (χ3n) is 9.40. The summed E-state index contributed by atoms with van der Waals surface area (Å²) < 4.78 is 4.41. The lowest BCUT2D eigenvalue weighted by Gasteiger charge is -2.13. The maximum atomic E-state index is 10.7. The summed E-state index contributed by atoms with van der Waals surface area (Å²) in [7, 11) is 0. The highest BCUT2D eigenvalue weighted by molar-refractivity contribution is 7.26. The van der Waals surface area contributed by atoms with Crippen LogP contribution in [0.4, 0.5) is 0 Å². The van der Waals surface area contributed by atoms with Crippen LogP contribution in [0, 0.1) is 11.3 Å². The maximum Gasteiger partial charge on any atom is 0.160 e. The number of para-hydroxylation sites is 1. The summed E-state index contributed by atoms with van der Waals surface area (Å²) in [6, 6.07) is 53.2. The number of rotatable bonds is 3. The second kappa shape index (κ2) is 10.3. The van der Waals surface area contributed by atoms with Gasteiger partial charge in [-0.2, -0.15) is 5.26 Å². The molecule has 0 aliphatic heterocycles. The number of hydrogen-bond acceptors (Lipinski definition) is 4. The van der Waals surface area contributed by atoms with Gasteiger partial charge < -0.3 is 4.57 Å². The first-order chi connectivity index (χ1) is 23.7. The molecule has 0 atom stereocenters. The molecule has 3 heterocycles. The van der Waals surface area contributed by atoms with Crippen LogP contribution in [-0.4, -0.2) is 14.5 Å². The maximum absolute atomic E-state index is 10.7. The third kappa shape index (κ3) is 4.00. The minimum atomic E-state index is 0.587. The molecule has 7 aromatic carbocycles. The van der Waals surface area contributed by atoms with Gasteiger partial charge in [0.25, 0.3) is 0 Å². The molecule has 10 aromatic rings. The highest BCUT2D eigenvalue weighted by Crippen LogP contribution is 2.41. The Kier molecular flexibility index (Phi) is 5.77. The first-order valence-corrected chi connectivity index (χ1v) is 16.7. The Morgan fingerprint density at radius 1 is 0.542 bits per heavy atom. The van der Waals surface area contributed by atoms with Crippen LogP contribution in [0.25, 0.3) is 92.0 Å². The van der Waals surface area contributed by atoms with E-state index in [0.29, 0.717) is 11.4 Å². The van der Waals surface area contributed by atoms with Crippen LogP contribution >= 0.6 is 11.3 Å². The van der Waals surface area contributed by atoms with Crippen molar-refractivity contribution in [3.8, 4) is 34.4 Å². The van der Waals surface area contributed by atoms with Gasteiger partial charge in [-0.15, -0.1) is 11.3 Å². The van der Waals surface area contributed by atoms with E-state index in [1.165, 1.54) is 21.5 Å². The zero-order chi connectivity index (χ0) is 31.8. The van der Waals surface area contributed by atoms with Crippen LogP contribution in [0.15, 0.2) is 146 Å². The first kappa shape index (κ1) is 26.8. The lowest BCUT2D eigenvalue weighted by atomic mass is 10.0. The van der Waals surface area contributed by atoms with Gasteiger partial charge in [-0.05, 0) is 64.0 Å². The molecule has 0 bridgehead atoms. The van der Waals surface area contributed by atoms with E-state index in [2.05, 4.69) is 150 Å². The molecule has 5 heteroatoms. The second-order valence-electron chi connectivity index (χ2n) is 12.1. The van der Waals surface area contributed by atoms with E-state index in [1.807, 2.05) is 6.07 Å². The van der Waals surface area contributed by atoms with Crippen LogP contribution in [0.5, 0.6) is 0 Å². The fraction of sp³-hybridized carbons (Fsp3) is 0. The van der Waals surface area contributed by atoms with E-state index < -0.39 is 0 Å². The third-order valence-corrected chi connectivity index (χ3v) is 10.6. The molecule has 0 saturated heterocycles. The largest absolute Gasteiger partial charge is 0.308 e. The highest BCUT2D eigenvalue weighted by Gasteiger charge is 2.20. The Balaban J connectivity index is 1.22. The minimum Gasteiger partial charge on any atom is -0.308 e. The Labute approximate surface area is 279 Å². The lowest BCUT2D eigenvalue weighted by Crippen LogP contribution is -1.99. The molecule has 0 aliphatic rings. The summed E-state index contributed by atoms with van der Waals surface area (Å²) in [5.74, 6) is 0.670. The van der Waals surface area contributed by atoms with Crippen molar-refractivity contribution in [2.45, 2.75) is 0 Å². The van der Waals surface area contributed by atoms with Crippen LogP contribution in [0.3, 0.4) is 0 Å². The van der Waals surface area contributed by atoms with Crippen molar-refractivity contribution >= 4 is 75.0 Å². The normalized spacial score (nSPS) is 11.7. The molecule has 0 aliphatic carbocycles. The molecule has 0 unspecified atom stereocenters. The number of thiophene rings is 1. The van der Waals surface area contributed by atoms with Gasteiger partial charge in [0, 0.05) is 32.0 Å². The molecule has 222 valence electrons. The van der Waals surface area contributed by atoms with Crippen molar-refractivity contribution in [3.05, 3.63) is 151 Å².